The minimum Gasteiger partial charge on any atom is -0.315 e. The topological polar surface area (TPSA) is 58.4 Å². The molecular weight excluding hydrogens is 289 g/mol. The lowest BCUT2D eigenvalue weighted by Crippen LogP contribution is -2.27. The smallest absolute Gasteiger partial charge is 0.275 e. The molecule has 0 unspecified atom stereocenters. The molecule has 0 spiro atoms. The number of nitro benzene ring substituents is 1. The third kappa shape index (κ3) is 4.62. The summed E-state index contributed by atoms with van der Waals surface area (Å²) >= 11 is 5.80. The first kappa shape index (κ1) is 16.2. The van der Waals surface area contributed by atoms with Gasteiger partial charge in [0.15, 0.2) is 0 Å². The maximum Gasteiger partial charge on any atom is 0.275 e. The molecule has 1 heterocycles. The number of hydrogen-bond donors (Lipinski definition) is 1. The van der Waals surface area contributed by atoms with Gasteiger partial charge in [-0.2, -0.15) is 0 Å². The van der Waals surface area contributed by atoms with Gasteiger partial charge in [0.2, 0.25) is 0 Å². The third-order valence-electron chi connectivity index (χ3n) is 3.07. The number of nitro groups is 1. The van der Waals surface area contributed by atoms with Crippen LogP contribution in [0.1, 0.15) is 12.0 Å². The highest BCUT2D eigenvalue weighted by Crippen LogP contribution is 2.24. The Hall–Kier alpha value is -0.880. The summed E-state index contributed by atoms with van der Waals surface area (Å²) in [5, 5.41) is 14.7. The van der Waals surface area contributed by atoms with Crippen molar-refractivity contribution in [1.29, 1.82) is 0 Å². The molecule has 0 amide bonds. The summed E-state index contributed by atoms with van der Waals surface area (Å²) in [7, 11) is 0. The lowest BCUT2D eigenvalue weighted by molar-refractivity contribution is -0.385. The van der Waals surface area contributed by atoms with Crippen LogP contribution in [0.2, 0.25) is 5.02 Å². The molecular formula is C12H17Cl2N3O2. The zero-order valence-corrected chi connectivity index (χ0v) is 12.0. The molecule has 0 radical (unpaired) electrons. The monoisotopic (exact) mass is 305 g/mol. The van der Waals surface area contributed by atoms with Crippen LogP contribution in [0.25, 0.3) is 0 Å². The second kappa shape index (κ2) is 7.65. The Labute approximate surface area is 123 Å². The summed E-state index contributed by atoms with van der Waals surface area (Å²) in [6, 6.07) is 4.88. The van der Waals surface area contributed by atoms with Gasteiger partial charge in [-0.25, -0.2) is 0 Å². The van der Waals surface area contributed by atoms with Gasteiger partial charge < -0.3 is 5.32 Å². The van der Waals surface area contributed by atoms with Crippen LogP contribution in [0.4, 0.5) is 5.69 Å². The molecule has 106 valence electrons. The fourth-order valence-corrected chi connectivity index (χ4v) is 2.31. The van der Waals surface area contributed by atoms with E-state index < -0.39 is 0 Å². The van der Waals surface area contributed by atoms with Crippen LogP contribution >= 0.6 is 24.0 Å². The highest BCUT2D eigenvalue weighted by Gasteiger charge is 2.17. The normalized spacial score (nSPS) is 16.5. The summed E-state index contributed by atoms with van der Waals surface area (Å²) in [6.07, 6.45) is 1.07. The average molecular weight is 306 g/mol. The molecule has 0 aliphatic carbocycles. The zero-order chi connectivity index (χ0) is 13.0. The van der Waals surface area contributed by atoms with Crippen molar-refractivity contribution in [2.75, 3.05) is 26.2 Å². The van der Waals surface area contributed by atoms with E-state index in [9.17, 15) is 10.1 Å². The van der Waals surface area contributed by atoms with Crippen molar-refractivity contribution >= 4 is 29.7 Å². The summed E-state index contributed by atoms with van der Waals surface area (Å²) in [4.78, 5) is 12.9. The van der Waals surface area contributed by atoms with Crippen LogP contribution in [-0.2, 0) is 6.54 Å². The second-order valence-electron chi connectivity index (χ2n) is 4.41. The predicted octanol–water partition coefficient (Wildman–Crippen LogP) is 2.47. The van der Waals surface area contributed by atoms with Crippen molar-refractivity contribution in [3.8, 4) is 0 Å². The third-order valence-corrected chi connectivity index (χ3v) is 3.31. The number of rotatable bonds is 3. The van der Waals surface area contributed by atoms with Crippen LogP contribution in [0, 0.1) is 10.1 Å². The first-order valence-electron chi connectivity index (χ1n) is 6.03. The Morgan fingerprint density at radius 2 is 2.16 bits per heavy atom. The van der Waals surface area contributed by atoms with E-state index in [2.05, 4.69) is 10.2 Å². The zero-order valence-electron chi connectivity index (χ0n) is 10.5. The van der Waals surface area contributed by atoms with Crippen LogP contribution in [0.15, 0.2) is 18.2 Å². The van der Waals surface area contributed by atoms with E-state index in [0.29, 0.717) is 11.6 Å². The molecule has 1 saturated heterocycles. The molecule has 19 heavy (non-hydrogen) atoms. The summed E-state index contributed by atoms with van der Waals surface area (Å²) in [5.41, 5.74) is 0.839. The number of nitrogens with zero attached hydrogens (tertiary/aromatic N) is 2. The van der Waals surface area contributed by atoms with Crippen molar-refractivity contribution in [2.24, 2.45) is 0 Å². The molecule has 7 heteroatoms. The van der Waals surface area contributed by atoms with E-state index in [-0.39, 0.29) is 23.0 Å². The van der Waals surface area contributed by atoms with Crippen LogP contribution in [0.5, 0.6) is 0 Å². The number of benzene rings is 1. The highest BCUT2D eigenvalue weighted by atomic mass is 35.5. The molecule has 1 aliphatic heterocycles. The van der Waals surface area contributed by atoms with Gasteiger partial charge >= 0.3 is 0 Å². The molecule has 0 saturated carbocycles. The molecule has 0 bridgehead atoms. The Balaban J connectivity index is 0.00000180. The minimum absolute atomic E-state index is 0. The van der Waals surface area contributed by atoms with Gasteiger partial charge in [-0.15, -0.1) is 12.4 Å². The van der Waals surface area contributed by atoms with E-state index in [1.54, 1.807) is 12.1 Å². The molecule has 2 rings (SSSR count). The van der Waals surface area contributed by atoms with Crippen LogP contribution in [-0.4, -0.2) is 36.0 Å². The Morgan fingerprint density at radius 1 is 1.37 bits per heavy atom. The molecule has 1 fully saturated rings. The van der Waals surface area contributed by atoms with E-state index in [1.165, 1.54) is 6.07 Å². The fraction of sp³-hybridized carbons (Fsp3) is 0.500. The second-order valence-corrected chi connectivity index (χ2v) is 4.85. The van der Waals surface area contributed by atoms with Gasteiger partial charge in [0.1, 0.15) is 0 Å². The molecule has 1 aromatic rings. The summed E-state index contributed by atoms with van der Waals surface area (Å²) < 4.78 is 0. The van der Waals surface area contributed by atoms with Crippen LogP contribution < -0.4 is 5.32 Å². The molecule has 0 aromatic heterocycles. The molecule has 1 aliphatic rings. The van der Waals surface area contributed by atoms with Gasteiger partial charge in [-0.1, -0.05) is 11.6 Å². The first-order chi connectivity index (χ1) is 8.66. The first-order valence-corrected chi connectivity index (χ1v) is 6.40. The van der Waals surface area contributed by atoms with E-state index in [4.69, 9.17) is 11.6 Å². The van der Waals surface area contributed by atoms with Crippen molar-refractivity contribution in [1.82, 2.24) is 10.2 Å². The maximum absolute atomic E-state index is 11.0. The lowest BCUT2D eigenvalue weighted by Gasteiger charge is -2.19. The molecule has 5 nitrogen and oxygen atoms in total. The largest absolute Gasteiger partial charge is 0.315 e. The van der Waals surface area contributed by atoms with Gasteiger partial charge in [0.05, 0.1) is 4.92 Å². The number of hydrogen-bond acceptors (Lipinski definition) is 4. The van der Waals surface area contributed by atoms with Crippen molar-refractivity contribution < 1.29 is 4.92 Å². The van der Waals surface area contributed by atoms with Gasteiger partial charge in [0.25, 0.3) is 5.69 Å². The van der Waals surface area contributed by atoms with Crippen molar-refractivity contribution in [3.05, 3.63) is 38.9 Å². The Bertz CT molecular complexity index is 435. The Kier molecular flexibility index (Phi) is 6.51. The molecule has 1 aromatic carbocycles. The van der Waals surface area contributed by atoms with Crippen LogP contribution in [0.3, 0.4) is 0 Å². The minimum atomic E-state index is -0.364. The van der Waals surface area contributed by atoms with E-state index >= 15 is 0 Å². The van der Waals surface area contributed by atoms with Gasteiger partial charge in [-0.05, 0) is 31.6 Å². The SMILES string of the molecule is Cl.O=[N+]([O-])c1cc(Cl)ccc1CN1CCCNCC1. The van der Waals surface area contributed by atoms with E-state index in [1.807, 2.05) is 0 Å². The number of halogens is 2. The summed E-state index contributed by atoms with van der Waals surface area (Å²) in [5.74, 6) is 0. The lowest BCUT2D eigenvalue weighted by atomic mass is 10.1. The molecule has 0 atom stereocenters. The van der Waals surface area contributed by atoms with Gasteiger partial charge in [-0.3, -0.25) is 15.0 Å². The average Bonchev–Trinajstić information content (AvgIpc) is 2.60. The quantitative estimate of drug-likeness (QED) is 0.688. The fourth-order valence-electron chi connectivity index (χ4n) is 2.14. The van der Waals surface area contributed by atoms with Gasteiger partial charge in [0, 0.05) is 36.3 Å². The maximum atomic E-state index is 11.0. The van der Waals surface area contributed by atoms with E-state index in [0.717, 1.165) is 38.2 Å². The highest BCUT2D eigenvalue weighted by molar-refractivity contribution is 6.30. The van der Waals surface area contributed by atoms with Crippen molar-refractivity contribution in [3.63, 3.8) is 0 Å². The standard InChI is InChI=1S/C12H16ClN3O2.ClH/c13-11-3-2-10(12(8-11)16(17)18)9-15-6-1-4-14-5-7-15;/h2-3,8,14H,1,4-7,9H2;1H. The van der Waals surface area contributed by atoms with Crippen molar-refractivity contribution in [2.45, 2.75) is 13.0 Å². The molecule has 1 N–H and O–H groups in total. The number of nitrogens with one attached hydrogen (secondary N) is 1. The summed E-state index contributed by atoms with van der Waals surface area (Å²) in [6.45, 7) is 4.43. The Morgan fingerprint density at radius 3 is 2.89 bits per heavy atom. The predicted molar refractivity (Wildman–Crippen MR) is 78.1 cm³/mol.